The second kappa shape index (κ2) is 11.1. The molecule has 30 heavy (non-hydrogen) atoms. The topological polar surface area (TPSA) is 83.1 Å². The molecule has 7 nitrogen and oxygen atoms in total. The highest BCUT2D eigenvalue weighted by atomic mass is 16.5. The molecule has 2 aromatic rings. The minimum Gasteiger partial charge on any atom is -0.493 e. The Morgan fingerprint density at radius 2 is 1.63 bits per heavy atom. The number of anilines is 1. The minimum atomic E-state index is -0.533. The van der Waals surface area contributed by atoms with Crippen LogP contribution in [0.2, 0.25) is 0 Å². The number of nitrogens with one attached hydrogen (secondary N) is 1. The molecule has 2 aromatic carbocycles. The van der Waals surface area contributed by atoms with Gasteiger partial charge in [0.15, 0.2) is 18.1 Å². The third kappa shape index (κ3) is 5.89. The molecule has 0 aromatic heterocycles. The summed E-state index contributed by atoms with van der Waals surface area (Å²) in [5, 5.41) is 2.82. The van der Waals surface area contributed by atoms with Gasteiger partial charge in [0.1, 0.15) is 0 Å². The van der Waals surface area contributed by atoms with Gasteiger partial charge in [-0.3, -0.25) is 9.59 Å². The Morgan fingerprint density at radius 1 is 1.00 bits per heavy atom. The van der Waals surface area contributed by atoms with Crippen LogP contribution in [0.15, 0.2) is 36.4 Å². The number of hydrogen-bond donors (Lipinski definition) is 1. The normalized spacial score (nSPS) is 11.4. The van der Waals surface area contributed by atoms with Crippen LogP contribution in [0.3, 0.4) is 0 Å². The van der Waals surface area contributed by atoms with Crippen molar-refractivity contribution in [3.05, 3.63) is 47.5 Å². The summed E-state index contributed by atoms with van der Waals surface area (Å²) in [6, 6.07) is 11.0. The lowest BCUT2D eigenvalue weighted by atomic mass is 9.97. The molecule has 0 heterocycles. The summed E-state index contributed by atoms with van der Waals surface area (Å²) in [7, 11) is 4.51. The zero-order valence-corrected chi connectivity index (χ0v) is 18.1. The number of hydrogen-bond acceptors (Lipinski definition) is 6. The van der Waals surface area contributed by atoms with E-state index >= 15 is 0 Å². The van der Waals surface area contributed by atoms with Gasteiger partial charge in [0.2, 0.25) is 5.75 Å². The van der Waals surface area contributed by atoms with E-state index < -0.39 is 5.97 Å². The molecule has 0 aliphatic rings. The minimum absolute atomic E-state index is 0.0343. The first-order valence-corrected chi connectivity index (χ1v) is 9.76. The highest BCUT2D eigenvalue weighted by molar-refractivity contribution is 5.93. The summed E-state index contributed by atoms with van der Waals surface area (Å²) >= 11 is 0. The third-order valence-corrected chi connectivity index (χ3v) is 4.82. The zero-order chi connectivity index (χ0) is 22.1. The first-order valence-electron chi connectivity index (χ1n) is 9.76. The van der Waals surface area contributed by atoms with Crippen molar-refractivity contribution in [3.63, 3.8) is 0 Å². The molecule has 162 valence electrons. The molecule has 0 radical (unpaired) electrons. The number of carbonyl (C=O) groups is 2. The first-order chi connectivity index (χ1) is 14.4. The van der Waals surface area contributed by atoms with E-state index in [1.54, 1.807) is 12.1 Å². The van der Waals surface area contributed by atoms with Gasteiger partial charge in [0.05, 0.1) is 27.8 Å². The highest BCUT2D eigenvalue weighted by Crippen LogP contribution is 2.38. The first kappa shape index (κ1) is 23.1. The summed E-state index contributed by atoms with van der Waals surface area (Å²) in [4.78, 5) is 24.5. The average molecular weight is 415 g/mol. The second-order valence-electron chi connectivity index (χ2n) is 6.82. The average Bonchev–Trinajstić information content (AvgIpc) is 2.76. The van der Waals surface area contributed by atoms with E-state index in [4.69, 9.17) is 18.9 Å². The van der Waals surface area contributed by atoms with Crippen molar-refractivity contribution in [1.82, 2.24) is 0 Å². The van der Waals surface area contributed by atoms with Crippen molar-refractivity contribution >= 4 is 17.6 Å². The molecule has 0 saturated carbocycles. The summed E-state index contributed by atoms with van der Waals surface area (Å²) in [6.07, 6.45) is 0.921. The van der Waals surface area contributed by atoms with Crippen LogP contribution < -0.4 is 19.5 Å². The van der Waals surface area contributed by atoms with Gasteiger partial charge in [-0.05, 0) is 41.7 Å². The maximum atomic E-state index is 12.3. The van der Waals surface area contributed by atoms with E-state index in [0.29, 0.717) is 28.7 Å². The van der Waals surface area contributed by atoms with Crippen molar-refractivity contribution in [2.75, 3.05) is 33.3 Å². The lowest BCUT2D eigenvalue weighted by molar-refractivity contribution is -0.146. The van der Waals surface area contributed by atoms with Crippen LogP contribution in [0.25, 0.3) is 0 Å². The molecule has 1 atom stereocenters. The lowest BCUT2D eigenvalue weighted by Gasteiger charge is -2.16. The Hall–Kier alpha value is -3.22. The molecule has 0 aliphatic carbocycles. The molecule has 0 fully saturated rings. The van der Waals surface area contributed by atoms with Gasteiger partial charge in [0.25, 0.3) is 5.91 Å². The number of rotatable bonds is 10. The van der Waals surface area contributed by atoms with E-state index in [0.717, 1.165) is 17.7 Å². The van der Waals surface area contributed by atoms with Crippen LogP contribution in [0.1, 0.15) is 37.3 Å². The highest BCUT2D eigenvalue weighted by Gasteiger charge is 2.17. The molecule has 1 N–H and O–H groups in total. The van der Waals surface area contributed by atoms with Gasteiger partial charge in [-0.1, -0.05) is 32.0 Å². The van der Waals surface area contributed by atoms with E-state index in [1.807, 2.05) is 24.3 Å². The maximum absolute atomic E-state index is 12.3. The maximum Gasteiger partial charge on any atom is 0.310 e. The van der Waals surface area contributed by atoms with Gasteiger partial charge >= 0.3 is 5.97 Å². The van der Waals surface area contributed by atoms with Gasteiger partial charge < -0.3 is 24.3 Å². The van der Waals surface area contributed by atoms with Crippen molar-refractivity contribution in [1.29, 1.82) is 0 Å². The van der Waals surface area contributed by atoms with Crippen LogP contribution in [0, 0.1) is 0 Å². The fourth-order valence-corrected chi connectivity index (χ4v) is 3.05. The lowest BCUT2D eigenvalue weighted by Crippen LogP contribution is -2.22. The smallest absolute Gasteiger partial charge is 0.310 e. The van der Waals surface area contributed by atoms with E-state index in [2.05, 4.69) is 19.2 Å². The number of methoxy groups -OCH3 is 3. The van der Waals surface area contributed by atoms with Crippen LogP contribution in [-0.4, -0.2) is 39.8 Å². The monoisotopic (exact) mass is 415 g/mol. The third-order valence-electron chi connectivity index (χ3n) is 4.82. The molecule has 2 rings (SSSR count). The molecule has 1 amide bonds. The van der Waals surface area contributed by atoms with Crippen molar-refractivity contribution in [2.45, 2.75) is 32.6 Å². The van der Waals surface area contributed by atoms with E-state index in [-0.39, 0.29) is 18.9 Å². The molecule has 0 unspecified atom stereocenters. The van der Waals surface area contributed by atoms with E-state index in [9.17, 15) is 9.59 Å². The quantitative estimate of drug-likeness (QED) is 0.592. The summed E-state index contributed by atoms with van der Waals surface area (Å²) in [5.41, 5.74) is 2.41. The number of amides is 1. The standard InChI is InChI=1S/C23H29NO6/c1-6-15(2)17-9-7-8-10-18(17)24-21(25)14-30-22(26)13-16-11-19(27-3)23(29-5)20(12-16)28-4/h7-12,15H,6,13-14H2,1-5H3,(H,24,25)/t15-/m1/s1. The van der Waals surface area contributed by atoms with Crippen molar-refractivity contribution in [2.24, 2.45) is 0 Å². The molecule has 0 spiro atoms. The molecule has 7 heteroatoms. The SMILES string of the molecule is CC[C@@H](C)c1ccccc1NC(=O)COC(=O)Cc1cc(OC)c(OC)c(OC)c1. The Kier molecular flexibility index (Phi) is 8.53. The summed E-state index contributed by atoms with van der Waals surface area (Å²) in [5.74, 6) is 0.720. The van der Waals surface area contributed by atoms with Gasteiger partial charge in [0, 0.05) is 5.69 Å². The predicted molar refractivity (Wildman–Crippen MR) is 115 cm³/mol. The van der Waals surface area contributed by atoms with Crippen molar-refractivity contribution in [3.8, 4) is 17.2 Å². The van der Waals surface area contributed by atoms with Crippen LogP contribution in [-0.2, 0) is 20.7 Å². The molecular formula is C23H29NO6. The van der Waals surface area contributed by atoms with Gasteiger partial charge in [-0.2, -0.15) is 0 Å². The number of para-hydroxylation sites is 1. The van der Waals surface area contributed by atoms with Crippen LogP contribution >= 0.6 is 0 Å². The van der Waals surface area contributed by atoms with Crippen LogP contribution in [0.5, 0.6) is 17.2 Å². The van der Waals surface area contributed by atoms with Crippen molar-refractivity contribution < 1.29 is 28.5 Å². The number of esters is 1. The summed E-state index contributed by atoms with van der Waals surface area (Å²) < 4.78 is 21.0. The van der Waals surface area contributed by atoms with Gasteiger partial charge in [-0.15, -0.1) is 0 Å². The number of ether oxygens (including phenoxy) is 4. The Balaban J connectivity index is 1.98. The summed E-state index contributed by atoms with van der Waals surface area (Å²) in [6.45, 7) is 3.83. The van der Waals surface area contributed by atoms with E-state index in [1.165, 1.54) is 21.3 Å². The fourth-order valence-electron chi connectivity index (χ4n) is 3.05. The molecule has 0 saturated heterocycles. The van der Waals surface area contributed by atoms with Crippen LogP contribution in [0.4, 0.5) is 5.69 Å². The van der Waals surface area contributed by atoms with Gasteiger partial charge in [-0.25, -0.2) is 0 Å². The Bertz CT molecular complexity index is 855. The molecular weight excluding hydrogens is 386 g/mol. The number of carbonyl (C=O) groups excluding carboxylic acids is 2. The second-order valence-corrected chi connectivity index (χ2v) is 6.82. The predicted octanol–water partition coefficient (Wildman–Crippen LogP) is 3.95. The molecule has 0 aliphatic heterocycles. The largest absolute Gasteiger partial charge is 0.493 e. The zero-order valence-electron chi connectivity index (χ0n) is 18.1. The fraction of sp³-hybridized carbons (Fsp3) is 0.391. The number of benzene rings is 2. The molecule has 0 bridgehead atoms. The Morgan fingerprint density at radius 3 is 2.20 bits per heavy atom. The Labute approximate surface area is 177 Å².